The number of nitrogens with zero attached hydrogens (tertiary/aromatic N) is 1. The largest absolute Gasteiger partial charge is 0.497 e. The molecule has 3 rings (SSSR count). The summed E-state index contributed by atoms with van der Waals surface area (Å²) in [6, 6.07) is 12.7. The third-order valence-electron chi connectivity index (χ3n) is 4.94. The van der Waals surface area contributed by atoms with Crippen LogP contribution in [0, 0.1) is 5.92 Å². The van der Waals surface area contributed by atoms with Gasteiger partial charge in [0.1, 0.15) is 11.5 Å². The number of carbonyl (C=O) groups excluding carboxylic acids is 2. The Morgan fingerprint density at radius 3 is 2.21 bits per heavy atom. The van der Waals surface area contributed by atoms with E-state index < -0.39 is 10.0 Å². The van der Waals surface area contributed by atoms with Crippen molar-refractivity contribution in [1.82, 2.24) is 4.31 Å². The molecule has 0 aliphatic carbocycles. The number of benzene rings is 2. The maximum absolute atomic E-state index is 12.9. The van der Waals surface area contributed by atoms with Crippen molar-refractivity contribution in [2.45, 2.75) is 24.7 Å². The van der Waals surface area contributed by atoms with Gasteiger partial charge in [-0.25, -0.2) is 8.42 Å². The first kappa shape index (κ1) is 21.0. The SMILES string of the molecule is COc1ccc(OC(=O)C2CCN(S(=O)(=O)c3cccc(C(C)=O)c3)CC2)cc1. The first-order valence-corrected chi connectivity index (χ1v) is 10.7. The van der Waals surface area contributed by atoms with Gasteiger partial charge in [-0.1, -0.05) is 12.1 Å². The Kier molecular flexibility index (Phi) is 6.34. The van der Waals surface area contributed by atoms with Gasteiger partial charge in [0.25, 0.3) is 0 Å². The molecule has 1 aliphatic heterocycles. The minimum atomic E-state index is -3.72. The lowest BCUT2D eigenvalue weighted by Crippen LogP contribution is -2.41. The lowest BCUT2D eigenvalue weighted by Gasteiger charge is -2.30. The number of rotatable bonds is 6. The third-order valence-corrected chi connectivity index (χ3v) is 6.84. The van der Waals surface area contributed by atoms with Crippen LogP contribution in [0.3, 0.4) is 0 Å². The van der Waals surface area contributed by atoms with Crippen molar-refractivity contribution >= 4 is 21.8 Å². The van der Waals surface area contributed by atoms with Gasteiger partial charge in [0.05, 0.1) is 17.9 Å². The van der Waals surface area contributed by atoms with E-state index in [1.807, 2.05) is 0 Å². The van der Waals surface area contributed by atoms with E-state index in [1.54, 1.807) is 43.5 Å². The summed E-state index contributed by atoms with van der Waals surface area (Å²) in [6.45, 7) is 1.83. The number of esters is 1. The highest BCUT2D eigenvalue weighted by atomic mass is 32.2. The second kappa shape index (κ2) is 8.75. The molecule has 29 heavy (non-hydrogen) atoms. The molecule has 0 aromatic heterocycles. The number of ketones is 1. The summed E-state index contributed by atoms with van der Waals surface area (Å²) >= 11 is 0. The van der Waals surface area contributed by atoms with Crippen molar-refractivity contribution in [2.24, 2.45) is 5.92 Å². The molecular weight excluding hydrogens is 394 g/mol. The van der Waals surface area contributed by atoms with Gasteiger partial charge < -0.3 is 9.47 Å². The highest BCUT2D eigenvalue weighted by Crippen LogP contribution is 2.26. The first-order valence-electron chi connectivity index (χ1n) is 9.28. The van der Waals surface area contributed by atoms with Crippen molar-refractivity contribution < 1.29 is 27.5 Å². The van der Waals surface area contributed by atoms with Gasteiger partial charge in [-0.05, 0) is 56.2 Å². The summed E-state index contributed by atoms with van der Waals surface area (Å²) in [7, 11) is -2.16. The molecule has 1 fully saturated rings. The van der Waals surface area contributed by atoms with Crippen LogP contribution in [0.25, 0.3) is 0 Å². The number of hydrogen-bond acceptors (Lipinski definition) is 6. The van der Waals surface area contributed by atoms with Gasteiger partial charge in [0.15, 0.2) is 5.78 Å². The van der Waals surface area contributed by atoms with Gasteiger partial charge >= 0.3 is 5.97 Å². The Labute approximate surface area is 170 Å². The number of piperidine rings is 1. The highest BCUT2D eigenvalue weighted by Gasteiger charge is 2.33. The molecular formula is C21H23NO6S. The van der Waals surface area contributed by atoms with Crippen molar-refractivity contribution in [3.63, 3.8) is 0 Å². The van der Waals surface area contributed by atoms with Crippen LogP contribution in [-0.4, -0.2) is 44.7 Å². The average Bonchev–Trinajstić information content (AvgIpc) is 2.74. The first-order chi connectivity index (χ1) is 13.8. The van der Waals surface area contributed by atoms with Crippen LogP contribution in [0.4, 0.5) is 0 Å². The highest BCUT2D eigenvalue weighted by molar-refractivity contribution is 7.89. The van der Waals surface area contributed by atoms with Gasteiger partial charge in [-0.15, -0.1) is 0 Å². The molecule has 0 bridgehead atoms. The standard InChI is InChI=1S/C21H23NO6S/c1-15(23)17-4-3-5-20(14-17)29(25,26)22-12-10-16(11-13-22)21(24)28-19-8-6-18(27-2)7-9-19/h3-9,14,16H,10-13H2,1-2H3. The summed E-state index contributed by atoms with van der Waals surface area (Å²) in [5, 5.41) is 0. The predicted octanol–water partition coefficient (Wildman–Crippen LogP) is 2.90. The topological polar surface area (TPSA) is 90.0 Å². The van der Waals surface area contributed by atoms with Crippen LogP contribution in [0.15, 0.2) is 53.4 Å². The van der Waals surface area contributed by atoms with Gasteiger partial charge in [-0.3, -0.25) is 9.59 Å². The van der Waals surface area contributed by atoms with Gasteiger partial charge in [0, 0.05) is 18.7 Å². The summed E-state index contributed by atoms with van der Waals surface area (Å²) in [4.78, 5) is 24.0. The van der Waals surface area contributed by atoms with Crippen LogP contribution < -0.4 is 9.47 Å². The van der Waals surface area contributed by atoms with E-state index in [0.29, 0.717) is 29.9 Å². The summed E-state index contributed by atoms with van der Waals surface area (Å²) < 4.78 is 37.6. The Bertz CT molecular complexity index is 992. The molecule has 154 valence electrons. The van der Waals surface area contributed by atoms with Crippen LogP contribution in [0.5, 0.6) is 11.5 Å². The molecule has 0 spiro atoms. The molecule has 1 heterocycles. The van der Waals surface area contributed by atoms with E-state index in [9.17, 15) is 18.0 Å². The molecule has 8 heteroatoms. The second-order valence-electron chi connectivity index (χ2n) is 6.86. The Balaban J connectivity index is 1.62. The molecule has 0 atom stereocenters. The Morgan fingerprint density at radius 2 is 1.62 bits per heavy atom. The lowest BCUT2D eigenvalue weighted by atomic mass is 9.98. The van der Waals surface area contributed by atoms with Crippen LogP contribution in [0.1, 0.15) is 30.1 Å². The van der Waals surface area contributed by atoms with E-state index in [-0.39, 0.29) is 35.7 Å². The van der Waals surface area contributed by atoms with Crippen molar-refractivity contribution in [1.29, 1.82) is 0 Å². The van der Waals surface area contributed by atoms with Crippen LogP contribution >= 0.6 is 0 Å². The quantitative estimate of drug-likeness (QED) is 0.408. The van der Waals surface area contributed by atoms with Crippen LogP contribution in [0.2, 0.25) is 0 Å². The fraction of sp³-hybridized carbons (Fsp3) is 0.333. The zero-order valence-electron chi connectivity index (χ0n) is 16.3. The molecule has 0 saturated carbocycles. The number of ether oxygens (including phenoxy) is 2. The Hall–Kier alpha value is -2.71. The van der Waals surface area contributed by atoms with Crippen LogP contribution in [-0.2, 0) is 14.8 Å². The summed E-state index contributed by atoms with van der Waals surface area (Å²) in [5.41, 5.74) is 0.351. The normalized spacial score (nSPS) is 15.7. The summed E-state index contributed by atoms with van der Waals surface area (Å²) in [6.07, 6.45) is 0.751. The van der Waals surface area contributed by atoms with E-state index in [4.69, 9.17) is 9.47 Å². The lowest BCUT2D eigenvalue weighted by molar-refractivity contribution is -0.140. The molecule has 0 amide bonds. The molecule has 0 N–H and O–H groups in total. The zero-order valence-corrected chi connectivity index (χ0v) is 17.1. The average molecular weight is 417 g/mol. The number of carbonyl (C=O) groups is 2. The fourth-order valence-corrected chi connectivity index (χ4v) is 4.72. The summed E-state index contributed by atoms with van der Waals surface area (Å²) in [5.74, 6) is 0.156. The van der Waals surface area contributed by atoms with E-state index in [2.05, 4.69) is 0 Å². The minimum absolute atomic E-state index is 0.0875. The van der Waals surface area contributed by atoms with E-state index in [0.717, 1.165) is 0 Å². The molecule has 7 nitrogen and oxygen atoms in total. The van der Waals surface area contributed by atoms with E-state index in [1.165, 1.54) is 23.4 Å². The number of hydrogen-bond donors (Lipinski definition) is 0. The van der Waals surface area contributed by atoms with Gasteiger partial charge in [-0.2, -0.15) is 4.31 Å². The molecule has 2 aromatic carbocycles. The predicted molar refractivity (Wildman–Crippen MR) is 107 cm³/mol. The Morgan fingerprint density at radius 1 is 1.00 bits per heavy atom. The molecule has 2 aromatic rings. The fourth-order valence-electron chi connectivity index (χ4n) is 3.20. The number of sulfonamides is 1. The molecule has 0 unspecified atom stereocenters. The molecule has 1 aliphatic rings. The van der Waals surface area contributed by atoms with Crippen molar-refractivity contribution in [3.8, 4) is 11.5 Å². The van der Waals surface area contributed by atoms with E-state index >= 15 is 0 Å². The molecule has 0 radical (unpaired) electrons. The third kappa shape index (κ3) is 4.83. The second-order valence-corrected chi connectivity index (χ2v) is 8.80. The number of Topliss-reactive ketones (excluding diaryl/α,β-unsaturated/α-hetero) is 1. The maximum atomic E-state index is 12.9. The molecule has 1 saturated heterocycles. The van der Waals surface area contributed by atoms with Gasteiger partial charge in [0.2, 0.25) is 10.0 Å². The minimum Gasteiger partial charge on any atom is -0.497 e. The maximum Gasteiger partial charge on any atom is 0.314 e. The van der Waals surface area contributed by atoms with Crippen molar-refractivity contribution in [3.05, 3.63) is 54.1 Å². The smallest absolute Gasteiger partial charge is 0.314 e. The zero-order chi connectivity index (χ0) is 21.0. The monoisotopic (exact) mass is 417 g/mol. The number of methoxy groups -OCH3 is 1. The van der Waals surface area contributed by atoms with Crippen molar-refractivity contribution in [2.75, 3.05) is 20.2 Å².